The first-order valence-electron chi connectivity index (χ1n) is 7.16. The lowest BCUT2D eigenvalue weighted by Crippen LogP contribution is -2.49. The Hall–Kier alpha value is -0.960. The molecule has 0 amide bonds. The average molecular weight is 314 g/mol. The number of aromatic nitrogens is 2. The molecule has 2 fully saturated rings. The normalized spacial score (nSPS) is 30.5. The van der Waals surface area contributed by atoms with Crippen LogP contribution in [0.5, 0.6) is 0 Å². The highest BCUT2D eigenvalue weighted by Gasteiger charge is 2.42. The standard InChI is InChI=1S/C13H22N4O3S/c1-16-4-3-14-13(16)7-17-5-10-8-20-9-12(11(10)6-17)15-21(2,18)19/h3-4,10-12,15H,5-9H2,1-2H3/t10-,11-,12+/m1/s1. The van der Waals surface area contributed by atoms with Crippen molar-refractivity contribution in [3.8, 4) is 0 Å². The van der Waals surface area contributed by atoms with Gasteiger partial charge in [-0.05, 0) is 5.92 Å². The van der Waals surface area contributed by atoms with Crippen LogP contribution in [0.4, 0.5) is 0 Å². The van der Waals surface area contributed by atoms with Gasteiger partial charge >= 0.3 is 0 Å². The Morgan fingerprint density at radius 3 is 2.90 bits per heavy atom. The maximum absolute atomic E-state index is 11.5. The summed E-state index contributed by atoms with van der Waals surface area (Å²) in [5, 5.41) is 0. The van der Waals surface area contributed by atoms with Gasteiger partial charge in [-0.1, -0.05) is 0 Å². The Labute approximate surface area is 125 Å². The van der Waals surface area contributed by atoms with Crippen molar-refractivity contribution in [1.82, 2.24) is 19.2 Å². The number of hydrogen-bond donors (Lipinski definition) is 1. The molecule has 118 valence electrons. The van der Waals surface area contributed by atoms with E-state index in [1.165, 1.54) is 6.26 Å². The zero-order chi connectivity index (χ0) is 15.0. The molecule has 1 aromatic heterocycles. The lowest BCUT2D eigenvalue weighted by Gasteiger charge is -2.32. The number of nitrogens with one attached hydrogen (secondary N) is 1. The molecule has 1 N–H and O–H groups in total. The first-order chi connectivity index (χ1) is 9.92. The molecule has 0 radical (unpaired) electrons. The number of imidazole rings is 1. The summed E-state index contributed by atoms with van der Waals surface area (Å²) in [4.78, 5) is 6.69. The van der Waals surface area contributed by atoms with Crippen LogP contribution < -0.4 is 4.72 Å². The summed E-state index contributed by atoms with van der Waals surface area (Å²) < 4.78 is 33.3. The number of aryl methyl sites for hydroxylation is 1. The number of sulfonamides is 1. The largest absolute Gasteiger partial charge is 0.379 e. The van der Waals surface area contributed by atoms with Gasteiger partial charge in [0.05, 0.1) is 26.0 Å². The minimum Gasteiger partial charge on any atom is -0.379 e. The fourth-order valence-corrected chi connectivity index (χ4v) is 4.16. The Bertz CT molecular complexity index is 600. The molecule has 1 aromatic rings. The molecule has 3 atom stereocenters. The third kappa shape index (κ3) is 3.45. The molecule has 0 unspecified atom stereocenters. The van der Waals surface area contributed by atoms with Gasteiger partial charge in [0.25, 0.3) is 0 Å². The molecule has 3 rings (SSSR count). The monoisotopic (exact) mass is 314 g/mol. The molecule has 0 aliphatic carbocycles. The summed E-state index contributed by atoms with van der Waals surface area (Å²) in [6.45, 7) is 3.78. The van der Waals surface area contributed by atoms with Crippen LogP contribution in [0.25, 0.3) is 0 Å². The number of likely N-dealkylation sites (tertiary alicyclic amines) is 1. The quantitative estimate of drug-likeness (QED) is 0.804. The van der Waals surface area contributed by atoms with Gasteiger partial charge in [-0.3, -0.25) is 4.90 Å². The van der Waals surface area contributed by atoms with E-state index in [1.54, 1.807) is 6.20 Å². The van der Waals surface area contributed by atoms with Crippen molar-refractivity contribution in [2.45, 2.75) is 12.6 Å². The van der Waals surface area contributed by atoms with Crippen LogP contribution in [0, 0.1) is 11.8 Å². The highest BCUT2D eigenvalue weighted by atomic mass is 32.2. The molecule has 7 nitrogen and oxygen atoms in total. The first kappa shape index (κ1) is 15.0. The molecule has 3 heterocycles. The Morgan fingerprint density at radius 2 is 2.24 bits per heavy atom. The summed E-state index contributed by atoms with van der Waals surface area (Å²) in [5.41, 5.74) is 0. The van der Waals surface area contributed by atoms with E-state index in [4.69, 9.17) is 4.74 Å². The van der Waals surface area contributed by atoms with Gasteiger partial charge < -0.3 is 9.30 Å². The molecule has 2 aliphatic rings. The summed E-state index contributed by atoms with van der Waals surface area (Å²) in [7, 11) is -1.21. The summed E-state index contributed by atoms with van der Waals surface area (Å²) in [6.07, 6.45) is 4.95. The smallest absolute Gasteiger partial charge is 0.209 e. The van der Waals surface area contributed by atoms with Gasteiger partial charge in [0, 0.05) is 44.5 Å². The van der Waals surface area contributed by atoms with Crippen LogP contribution in [0.15, 0.2) is 12.4 Å². The highest BCUT2D eigenvalue weighted by Crippen LogP contribution is 2.31. The van der Waals surface area contributed by atoms with E-state index < -0.39 is 10.0 Å². The maximum atomic E-state index is 11.5. The molecule has 0 aromatic carbocycles. The van der Waals surface area contributed by atoms with Crippen LogP contribution in [0.3, 0.4) is 0 Å². The van der Waals surface area contributed by atoms with Crippen LogP contribution in [-0.2, 0) is 28.4 Å². The SMILES string of the molecule is Cn1ccnc1CN1C[C@@H]2COC[C@H](NS(C)(=O)=O)[C@@H]2C1. The molecule has 21 heavy (non-hydrogen) atoms. The third-order valence-electron chi connectivity index (χ3n) is 4.36. The van der Waals surface area contributed by atoms with E-state index in [1.807, 2.05) is 17.8 Å². The highest BCUT2D eigenvalue weighted by molar-refractivity contribution is 7.88. The topological polar surface area (TPSA) is 76.5 Å². The van der Waals surface area contributed by atoms with E-state index in [-0.39, 0.29) is 6.04 Å². The van der Waals surface area contributed by atoms with Crippen LogP contribution in [0.1, 0.15) is 5.82 Å². The third-order valence-corrected chi connectivity index (χ3v) is 5.10. The fraction of sp³-hybridized carbons (Fsp3) is 0.769. The second kappa shape index (κ2) is 5.68. The van der Waals surface area contributed by atoms with Crippen molar-refractivity contribution in [2.75, 3.05) is 32.6 Å². The van der Waals surface area contributed by atoms with Crippen molar-refractivity contribution in [1.29, 1.82) is 0 Å². The number of rotatable bonds is 4. The van der Waals surface area contributed by atoms with Crippen molar-refractivity contribution in [3.63, 3.8) is 0 Å². The minimum absolute atomic E-state index is 0.120. The maximum Gasteiger partial charge on any atom is 0.209 e. The van der Waals surface area contributed by atoms with Crippen LogP contribution >= 0.6 is 0 Å². The molecule has 0 saturated carbocycles. The molecular weight excluding hydrogens is 292 g/mol. The first-order valence-corrected chi connectivity index (χ1v) is 9.05. The van der Waals surface area contributed by atoms with Gasteiger partial charge in [-0.25, -0.2) is 18.1 Å². The molecule has 2 saturated heterocycles. The van der Waals surface area contributed by atoms with Crippen molar-refractivity contribution >= 4 is 10.0 Å². The van der Waals surface area contributed by atoms with Crippen molar-refractivity contribution in [2.24, 2.45) is 18.9 Å². The van der Waals surface area contributed by atoms with Gasteiger partial charge in [-0.15, -0.1) is 0 Å². The zero-order valence-electron chi connectivity index (χ0n) is 12.4. The number of fused-ring (bicyclic) bond motifs is 1. The van der Waals surface area contributed by atoms with Crippen LogP contribution in [0.2, 0.25) is 0 Å². The van der Waals surface area contributed by atoms with Gasteiger partial charge in [0.2, 0.25) is 10.0 Å². The molecule has 8 heteroatoms. The number of hydrogen-bond acceptors (Lipinski definition) is 5. The second-order valence-corrected chi connectivity index (χ2v) is 7.89. The van der Waals surface area contributed by atoms with Gasteiger partial charge in [-0.2, -0.15) is 0 Å². The minimum atomic E-state index is -3.20. The second-order valence-electron chi connectivity index (χ2n) is 6.11. The van der Waals surface area contributed by atoms with Crippen molar-refractivity contribution < 1.29 is 13.2 Å². The Kier molecular flexibility index (Phi) is 4.04. The van der Waals surface area contributed by atoms with Crippen molar-refractivity contribution in [3.05, 3.63) is 18.2 Å². The number of nitrogens with zero attached hydrogens (tertiary/aromatic N) is 3. The molecule has 2 aliphatic heterocycles. The Morgan fingerprint density at radius 1 is 1.43 bits per heavy atom. The molecule has 0 bridgehead atoms. The van der Waals surface area contributed by atoms with E-state index in [2.05, 4.69) is 14.6 Å². The van der Waals surface area contributed by atoms with E-state index in [0.29, 0.717) is 25.0 Å². The van der Waals surface area contributed by atoms with Crippen LogP contribution in [-0.4, -0.2) is 61.5 Å². The van der Waals surface area contributed by atoms with Gasteiger partial charge in [0.15, 0.2) is 0 Å². The summed E-state index contributed by atoms with van der Waals surface area (Å²) in [6, 6.07) is -0.120. The molecule has 0 spiro atoms. The molecular formula is C13H22N4O3S. The predicted octanol–water partition coefficient (Wildman–Crippen LogP) is -0.584. The van der Waals surface area contributed by atoms with E-state index in [9.17, 15) is 8.42 Å². The Balaban J connectivity index is 1.67. The number of ether oxygens (including phenoxy) is 1. The lowest BCUT2D eigenvalue weighted by atomic mass is 9.88. The zero-order valence-corrected chi connectivity index (χ0v) is 13.2. The predicted molar refractivity (Wildman–Crippen MR) is 78.1 cm³/mol. The average Bonchev–Trinajstić information content (AvgIpc) is 2.95. The van der Waals surface area contributed by atoms with E-state index >= 15 is 0 Å². The lowest BCUT2D eigenvalue weighted by molar-refractivity contribution is 0.0164. The summed E-state index contributed by atoms with van der Waals surface area (Å²) >= 11 is 0. The fourth-order valence-electron chi connectivity index (χ4n) is 3.37. The van der Waals surface area contributed by atoms with E-state index in [0.717, 1.165) is 25.5 Å². The van der Waals surface area contributed by atoms with Gasteiger partial charge in [0.1, 0.15) is 5.82 Å². The summed E-state index contributed by atoms with van der Waals surface area (Å²) in [5.74, 6) is 1.73.